The molecule has 0 saturated heterocycles. The van der Waals surface area contributed by atoms with Crippen molar-refractivity contribution < 1.29 is 9.65 Å². The van der Waals surface area contributed by atoms with Crippen LogP contribution in [0.2, 0.25) is 0 Å². The van der Waals surface area contributed by atoms with Gasteiger partial charge in [0, 0.05) is 0 Å². The second kappa shape index (κ2) is 6.85. The van der Waals surface area contributed by atoms with E-state index in [1.54, 1.807) is 0 Å². The monoisotopic (exact) mass is 283 g/mol. The first-order valence-electron chi connectivity index (χ1n) is 6.18. The minimum Gasteiger partial charge on any atom is -0.356 e. The van der Waals surface area contributed by atoms with Gasteiger partial charge in [0.1, 0.15) is 23.8 Å². The van der Waals surface area contributed by atoms with Gasteiger partial charge in [-0.3, -0.25) is 0 Å². The second-order valence-electron chi connectivity index (χ2n) is 4.12. The van der Waals surface area contributed by atoms with Gasteiger partial charge < -0.3 is 15.3 Å². The van der Waals surface area contributed by atoms with E-state index in [-0.39, 0.29) is 0 Å². The van der Waals surface area contributed by atoms with E-state index in [2.05, 4.69) is 52.1 Å². The Hall–Kier alpha value is -3.15. The zero-order valence-corrected chi connectivity index (χ0v) is 11.1. The number of hydrogen-bond donors (Lipinski definition) is 0. The number of hydrogen-bond acceptors (Lipinski definition) is 3. The van der Waals surface area contributed by atoms with Crippen LogP contribution in [0.4, 0.5) is 0 Å². The molecule has 0 atom stereocenters. The van der Waals surface area contributed by atoms with Crippen molar-refractivity contribution in [3.05, 3.63) is 94.7 Å². The van der Waals surface area contributed by atoms with Gasteiger partial charge in [0.15, 0.2) is 0 Å². The third-order valence-electron chi connectivity index (χ3n) is 2.75. The quantitative estimate of drug-likeness (QED) is 0.412. The van der Waals surface area contributed by atoms with Crippen molar-refractivity contribution in [3.63, 3.8) is 0 Å². The number of aromatic nitrogens is 2. The lowest BCUT2D eigenvalue weighted by Crippen LogP contribution is -2.27. The van der Waals surface area contributed by atoms with E-state index in [1.807, 2.05) is 36.4 Å². The van der Waals surface area contributed by atoms with Gasteiger partial charge in [0.2, 0.25) is 0 Å². The molecule has 106 valence electrons. The zero-order chi connectivity index (χ0) is 15.1. The van der Waals surface area contributed by atoms with Crippen LogP contribution < -0.4 is 4.57 Å². The molecule has 3 rings (SSSR count). The van der Waals surface area contributed by atoms with E-state index in [9.17, 15) is 0 Å². The maximum atomic E-state index is 8.25. The molecule has 3 aromatic rings. The van der Waals surface area contributed by atoms with E-state index in [0.717, 1.165) is 0 Å². The highest BCUT2D eigenvalue weighted by molar-refractivity contribution is 5.30. The predicted molar refractivity (Wildman–Crippen MR) is 77.7 cm³/mol. The third-order valence-corrected chi connectivity index (χ3v) is 2.75. The average Bonchev–Trinajstić information content (AvgIpc) is 2.98. The van der Waals surface area contributed by atoms with Gasteiger partial charge in [-0.2, -0.15) is 0 Å². The highest BCUT2D eigenvalue weighted by Crippen LogP contribution is 2.06. The van der Waals surface area contributed by atoms with E-state index >= 15 is 0 Å². The first-order chi connectivity index (χ1) is 10.2. The van der Waals surface area contributed by atoms with E-state index < -0.39 is 5.09 Å². The van der Waals surface area contributed by atoms with Crippen LogP contribution in [0, 0.1) is 15.3 Å². The molecule has 21 heavy (non-hydrogen) atoms. The molecule has 6 nitrogen and oxygen atoms in total. The molecule has 0 unspecified atom stereocenters. The fourth-order valence-electron chi connectivity index (χ4n) is 1.86. The zero-order valence-electron chi connectivity index (χ0n) is 11.1. The van der Waals surface area contributed by atoms with Crippen molar-refractivity contribution in [1.29, 1.82) is 0 Å². The Bertz CT molecular complexity index is 638. The molecule has 2 aromatic carbocycles. The first kappa shape index (κ1) is 14.3. The summed E-state index contributed by atoms with van der Waals surface area (Å²) in [6.45, 7) is 0. The summed E-state index contributed by atoms with van der Waals surface area (Å²) in [4.78, 5) is 8.25. The molecule has 0 bridgehead atoms. The summed E-state index contributed by atoms with van der Waals surface area (Å²) in [6.07, 6.45) is 6.19. The summed E-state index contributed by atoms with van der Waals surface area (Å²) in [6, 6.07) is 20.6. The highest BCUT2D eigenvalue weighted by Gasteiger charge is 2.06. The van der Waals surface area contributed by atoms with E-state index in [1.165, 1.54) is 11.4 Å². The fourth-order valence-corrected chi connectivity index (χ4v) is 1.86. The normalized spacial score (nSPS) is 9.52. The van der Waals surface area contributed by atoms with Gasteiger partial charge in [-0.15, -0.1) is 0 Å². The second-order valence-corrected chi connectivity index (χ2v) is 4.12. The number of rotatable bonds is 2. The Morgan fingerprint density at radius 3 is 2.00 bits per heavy atom. The number of benzene rings is 2. The molecule has 0 fully saturated rings. The lowest BCUT2D eigenvalue weighted by atomic mass is 10.3. The first-order valence-corrected chi connectivity index (χ1v) is 6.18. The van der Waals surface area contributed by atoms with Crippen molar-refractivity contribution in [2.24, 2.45) is 0 Å². The number of nitrogens with zero attached hydrogens (tertiary/aromatic N) is 3. The van der Waals surface area contributed by atoms with Gasteiger partial charge in [0.25, 0.3) is 6.33 Å². The Kier molecular flexibility index (Phi) is 4.66. The molecular weight excluding hydrogens is 270 g/mol. The van der Waals surface area contributed by atoms with Crippen LogP contribution in [0.25, 0.3) is 11.4 Å². The largest absolute Gasteiger partial charge is 0.356 e. The molecular formula is C15H13N3O3. The average molecular weight is 283 g/mol. The van der Waals surface area contributed by atoms with Crippen LogP contribution in [-0.4, -0.2) is 9.65 Å². The lowest BCUT2D eigenvalue weighted by molar-refractivity contribution is -0.594. The van der Waals surface area contributed by atoms with Crippen molar-refractivity contribution in [2.45, 2.75) is 0 Å². The summed E-state index contributed by atoms with van der Waals surface area (Å²) in [5.74, 6) is 0. The maximum absolute atomic E-state index is 8.25. The predicted octanol–water partition coefficient (Wildman–Crippen LogP) is 2.51. The van der Waals surface area contributed by atoms with Crippen LogP contribution in [-0.2, 0) is 0 Å². The van der Waals surface area contributed by atoms with Crippen molar-refractivity contribution >= 4 is 0 Å². The van der Waals surface area contributed by atoms with Gasteiger partial charge >= 0.3 is 0 Å². The number of para-hydroxylation sites is 2. The molecule has 0 saturated carbocycles. The maximum Gasteiger partial charge on any atom is 0.254 e. The summed E-state index contributed by atoms with van der Waals surface area (Å²) >= 11 is 0. The third kappa shape index (κ3) is 4.17. The summed E-state index contributed by atoms with van der Waals surface area (Å²) in [5.41, 5.74) is 2.34. The number of imidazole rings is 1. The van der Waals surface area contributed by atoms with Gasteiger partial charge in [0.05, 0.1) is 5.09 Å². The molecule has 0 aliphatic rings. The van der Waals surface area contributed by atoms with Gasteiger partial charge in [-0.25, -0.2) is 9.13 Å². The van der Waals surface area contributed by atoms with Crippen molar-refractivity contribution in [2.75, 3.05) is 0 Å². The smallest absolute Gasteiger partial charge is 0.254 e. The molecule has 0 radical (unpaired) electrons. The summed E-state index contributed by atoms with van der Waals surface area (Å²) in [7, 11) is 0. The summed E-state index contributed by atoms with van der Waals surface area (Å²) in [5, 5.41) is 14.8. The Balaban J connectivity index is 0.000000361. The molecule has 0 aliphatic heterocycles. The van der Waals surface area contributed by atoms with Crippen LogP contribution in [0.15, 0.2) is 79.4 Å². The molecule has 1 heterocycles. The molecule has 1 aromatic heterocycles. The van der Waals surface area contributed by atoms with Crippen LogP contribution in [0.3, 0.4) is 0 Å². The molecule has 6 heteroatoms. The van der Waals surface area contributed by atoms with Crippen LogP contribution in [0.1, 0.15) is 0 Å². The van der Waals surface area contributed by atoms with Gasteiger partial charge in [-0.05, 0) is 24.3 Å². The van der Waals surface area contributed by atoms with Crippen LogP contribution in [0.5, 0.6) is 0 Å². The standard InChI is InChI=1S/C15H13N2.NO3/c1-3-7-14(8-4-1)16-11-12-17(13-16)15-9-5-2-6-10-15;2-1(3)4/h1-13H;/q+1;-1. The van der Waals surface area contributed by atoms with Crippen molar-refractivity contribution in [1.82, 2.24) is 4.57 Å². The molecule has 0 N–H and O–H groups in total. The van der Waals surface area contributed by atoms with E-state index in [4.69, 9.17) is 15.3 Å². The summed E-state index contributed by atoms with van der Waals surface area (Å²) < 4.78 is 4.21. The topological polar surface area (TPSA) is 75.0 Å². The minimum atomic E-state index is -1.75. The van der Waals surface area contributed by atoms with Gasteiger partial charge in [-0.1, -0.05) is 36.4 Å². The van der Waals surface area contributed by atoms with E-state index in [0.29, 0.717) is 0 Å². The Labute approximate surface area is 121 Å². The Morgan fingerprint density at radius 2 is 1.43 bits per heavy atom. The molecule has 0 spiro atoms. The SMILES string of the molecule is O=[N+]([O-])[O-].c1ccc(-n2cc[n+](-c3ccccc3)c2)cc1. The minimum absolute atomic E-state index is 1.17. The molecule has 0 amide bonds. The highest BCUT2D eigenvalue weighted by atomic mass is 16.9. The lowest BCUT2D eigenvalue weighted by Gasteiger charge is -1.94. The molecule has 0 aliphatic carbocycles. The van der Waals surface area contributed by atoms with Crippen molar-refractivity contribution in [3.8, 4) is 11.4 Å². The fraction of sp³-hybridized carbons (Fsp3) is 0. The Morgan fingerprint density at radius 1 is 0.905 bits per heavy atom. The van der Waals surface area contributed by atoms with Crippen LogP contribution >= 0.6 is 0 Å².